The van der Waals surface area contributed by atoms with Gasteiger partial charge in [-0.25, -0.2) is 9.18 Å². The van der Waals surface area contributed by atoms with E-state index < -0.39 is 34.1 Å². The molecule has 3 aromatic rings. The summed E-state index contributed by atoms with van der Waals surface area (Å²) in [5, 5.41) is 9.17. The van der Waals surface area contributed by atoms with Crippen LogP contribution in [0.5, 0.6) is 0 Å². The summed E-state index contributed by atoms with van der Waals surface area (Å²) in [6.45, 7) is 0. The molecule has 1 aliphatic rings. The Bertz CT molecular complexity index is 1410. The van der Waals surface area contributed by atoms with E-state index in [4.69, 9.17) is 11.6 Å². The highest BCUT2D eigenvalue weighted by atomic mass is 35.5. The molecule has 1 fully saturated rings. The number of ketones is 1. The second-order valence-corrected chi connectivity index (χ2v) is 10.5. The molecule has 0 unspecified atom stereocenters. The fraction of sp³-hybridized carbons (Fsp3) is 0.200. The van der Waals surface area contributed by atoms with Gasteiger partial charge in [0.1, 0.15) is 5.82 Å². The van der Waals surface area contributed by atoms with Crippen molar-refractivity contribution < 1.29 is 27.5 Å². The molecule has 2 atom stereocenters. The van der Waals surface area contributed by atoms with Gasteiger partial charge in [-0.05, 0) is 59.0 Å². The molecule has 0 aromatic heterocycles. The van der Waals surface area contributed by atoms with E-state index in [1.165, 1.54) is 31.3 Å². The van der Waals surface area contributed by atoms with Gasteiger partial charge in [0.05, 0.1) is 16.6 Å². The Morgan fingerprint density at radius 1 is 1.09 bits per heavy atom. The first-order valence-electron chi connectivity index (χ1n) is 10.7. The van der Waals surface area contributed by atoms with Gasteiger partial charge in [-0.3, -0.25) is 4.79 Å². The van der Waals surface area contributed by atoms with Crippen molar-refractivity contribution in [2.75, 3.05) is 7.05 Å². The summed E-state index contributed by atoms with van der Waals surface area (Å²) in [7, 11) is -2.62. The predicted molar refractivity (Wildman–Crippen MR) is 130 cm³/mol. The summed E-state index contributed by atoms with van der Waals surface area (Å²) in [5.74, 6) is -1.98. The Balaban J connectivity index is 1.61. The average molecular weight is 517 g/mol. The van der Waals surface area contributed by atoms with Crippen LogP contribution >= 0.6 is 11.6 Å². The molecule has 0 amide bonds. The van der Waals surface area contributed by atoms with Crippen molar-refractivity contribution in [1.29, 1.82) is 0 Å². The Labute approximate surface area is 207 Å². The third kappa shape index (κ3) is 5.43. The van der Waals surface area contributed by atoms with Gasteiger partial charge in [-0.15, -0.1) is 0 Å². The number of Topliss-reactive ketones (excluding diaryl/α,β-unsaturated/α-hetero) is 1. The van der Waals surface area contributed by atoms with E-state index in [-0.39, 0.29) is 29.2 Å². The van der Waals surface area contributed by atoms with Crippen molar-refractivity contribution in [3.63, 3.8) is 0 Å². The van der Waals surface area contributed by atoms with E-state index in [1.807, 2.05) is 0 Å². The van der Waals surface area contributed by atoms with Gasteiger partial charge in [0.2, 0.25) is 0 Å². The van der Waals surface area contributed by atoms with E-state index in [0.717, 1.165) is 4.31 Å². The van der Waals surface area contributed by atoms with Crippen LogP contribution in [-0.4, -0.2) is 42.7 Å². The maximum Gasteiger partial charge on any atom is 0.335 e. The lowest BCUT2D eigenvalue weighted by molar-refractivity contribution is -0.122. The van der Waals surface area contributed by atoms with Gasteiger partial charge in [0, 0.05) is 19.5 Å². The quantitative estimate of drug-likeness (QED) is 0.510. The van der Waals surface area contributed by atoms with Gasteiger partial charge in [0.25, 0.3) is 10.2 Å². The Kier molecular flexibility index (Phi) is 7.05. The standard InChI is InChI=1S/C25H22ClFN2O5S/c1-29-23(24(30)11-15-8-9-21(27)20(26)10-15)14-22(28-35(29,33)34)18-6-2-4-16(12-18)17-5-3-7-19(13-17)25(31)32/h2-10,12-13,22-23,28H,11,14H2,1H3,(H,31,32)/t22-,23+/m0/s1. The molecule has 10 heteroatoms. The van der Waals surface area contributed by atoms with Crippen molar-refractivity contribution in [3.05, 3.63) is 94.3 Å². The lowest BCUT2D eigenvalue weighted by Crippen LogP contribution is -2.55. The van der Waals surface area contributed by atoms with Crippen LogP contribution in [0, 0.1) is 5.82 Å². The topological polar surface area (TPSA) is 104 Å². The summed E-state index contributed by atoms with van der Waals surface area (Å²) in [6.07, 6.45) is 0.0847. The van der Waals surface area contributed by atoms with E-state index in [9.17, 15) is 27.5 Å². The second kappa shape index (κ2) is 9.87. The molecule has 1 saturated heterocycles. The summed E-state index contributed by atoms with van der Waals surface area (Å²) >= 11 is 5.82. The van der Waals surface area contributed by atoms with Crippen LogP contribution in [-0.2, 0) is 21.4 Å². The molecule has 0 spiro atoms. The molecule has 7 nitrogen and oxygen atoms in total. The summed E-state index contributed by atoms with van der Waals surface area (Å²) < 4.78 is 42.8. The van der Waals surface area contributed by atoms with Crippen molar-refractivity contribution in [2.24, 2.45) is 0 Å². The molecule has 0 aliphatic carbocycles. The fourth-order valence-electron chi connectivity index (χ4n) is 4.12. The molecule has 3 aromatic carbocycles. The second-order valence-electron chi connectivity index (χ2n) is 8.35. The zero-order chi connectivity index (χ0) is 25.3. The predicted octanol–water partition coefficient (Wildman–Crippen LogP) is 4.24. The van der Waals surface area contributed by atoms with Gasteiger partial charge >= 0.3 is 5.97 Å². The molecule has 1 aliphatic heterocycles. The summed E-state index contributed by atoms with van der Waals surface area (Å²) in [4.78, 5) is 24.4. The number of nitrogens with zero attached hydrogens (tertiary/aromatic N) is 1. The number of likely N-dealkylation sites (N-methyl/N-ethyl adjacent to an activating group) is 1. The van der Waals surface area contributed by atoms with E-state index in [2.05, 4.69) is 4.72 Å². The molecular weight excluding hydrogens is 495 g/mol. The highest BCUT2D eigenvalue weighted by molar-refractivity contribution is 7.87. The number of carboxylic acids is 1. The van der Waals surface area contributed by atoms with Gasteiger partial charge in [-0.1, -0.05) is 48.0 Å². The number of aromatic carboxylic acids is 1. The summed E-state index contributed by atoms with van der Waals surface area (Å²) in [6, 6.07) is 15.9. The van der Waals surface area contributed by atoms with Crippen LogP contribution in [0.25, 0.3) is 11.1 Å². The van der Waals surface area contributed by atoms with Crippen molar-refractivity contribution >= 4 is 33.6 Å². The Hall–Kier alpha value is -3.11. The number of carboxylic acid groups (broad SMARTS) is 1. The molecule has 182 valence electrons. The average Bonchev–Trinajstić information content (AvgIpc) is 2.83. The molecule has 4 rings (SSSR count). The number of hydrogen-bond acceptors (Lipinski definition) is 4. The molecule has 2 N–H and O–H groups in total. The van der Waals surface area contributed by atoms with E-state index >= 15 is 0 Å². The fourth-order valence-corrected chi connectivity index (χ4v) is 5.62. The lowest BCUT2D eigenvalue weighted by atomic mass is 9.92. The van der Waals surface area contributed by atoms with E-state index in [1.54, 1.807) is 42.5 Å². The first-order chi connectivity index (χ1) is 16.5. The number of halogens is 2. The molecular formula is C25H22ClFN2O5S. The highest BCUT2D eigenvalue weighted by Gasteiger charge is 2.40. The Morgan fingerprint density at radius 2 is 1.77 bits per heavy atom. The van der Waals surface area contributed by atoms with Crippen LogP contribution < -0.4 is 4.72 Å². The van der Waals surface area contributed by atoms with Gasteiger partial charge in [-0.2, -0.15) is 17.4 Å². The zero-order valence-corrected chi connectivity index (χ0v) is 20.2. The number of hydrogen-bond donors (Lipinski definition) is 2. The molecule has 1 heterocycles. The molecule has 0 radical (unpaired) electrons. The van der Waals surface area contributed by atoms with Gasteiger partial charge < -0.3 is 5.11 Å². The molecule has 0 saturated carbocycles. The first kappa shape index (κ1) is 25.0. The van der Waals surface area contributed by atoms with Crippen LogP contribution in [0.2, 0.25) is 5.02 Å². The third-order valence-electron chi connectivity index (χ3n) is 6.03. The van der Waals surface area contributed by atoms with Crippen LogP contribution in [0.3, 0.4) is 0 Å². The maximum absolute atomic E-state index is 13.5. The summed E-state index contributed by atoms with van der Waals surface area (Å²) in [5.41, 5.74) is 2.65. The zero-order valence-electron chi connectivity index (χ0n) is 18.6. The smallest absolute Gasteiger partial charge is 0.335 e. The van der Waals surface area contributed by atoms with Crippen molar-refractivity contribution in [3.8, 4) is 11.1 Å². The third-order valence-corrected chi connectivity index (χ3v) is 7.92. The largest absolute Gasteiger partial charge is 0.478 e. The number of benzene rings is 3. The number of carbonyl (C=O) groups excluding carboxylic acids is 1. The van der Waals surface area contributed by atoms with Crippen LogP contribution in [0.15, 0.2) is 66.7 Å². The van der Waals surface area contributed by atoms with Gasteiger partial charge in [0.15, 0.2) is 5.78 Å². The minimum atomic E-state index is -3.96. The SMILES string of the molecule is CN1[C@@H](C(=O)Cc2ccc(F)c(Cl)c2)C[C@@H](c2cccc(-c3cccc(C(=O)O)c3)c2)NS1(=O)=O. The minimum Gasteiger partial charge on any atom is -0.478 e. The monoisotopic (exact) mass is 516 g/mol. The lowest BCUT2D eigenvalue weighted by Gasteiger charge is -2.36. The number of nitrogens with one attached hydrogen (secondary N) is 1. The van der Waals surface area contributed by atoms with Crippen LogP contribution in [0.1, 0.15) is 33.9 Å². The molecule has 0 bridgehead atoms. The minimum absolute atomic E-state index is 0.0979. The normalized spacial score (nSPS) is 19.9. The number of rotatable bonds is 6. The van der Waals surface area contributed by atoms with Crippen molar-refractivity contribution in [2.45, 2.75) is 24.9 Å². The van der Waals surface area contributed by atoms with Crippen molar-refractivity contribution in [1.82, 2.24) is 9.03 Å². The maximum atomic E-state index is 13.5. The number of carbonyl (C=O) groups is 2. The van der Waals surface area contributed by atoms with Crippen LogP contribution in [0.4, 0.5) is 4.39 Å². The van der Waals surface area contributed by atoms with E-state index in [0.29, 0.717) is 22.3 Å². The highest BCUT2D eigenvalue weighted by Crippen LogP contribution is 2.31. The first-order valence-corrected chi connectivity index (χ1v) is 12.5. The molecule has 35 heavy (non-hydrogen) atoms. The Morgan fingerprint density at radius 3 is 2.46 bits per heavy atom.